The first-order valence-electron chi connectivity index (χ1n) is 9.56. The Balaban J connectivity index is 1.50. The van der Waals surface area contributed by atoms with Gasteiger partial charge in [-0.25, -0.2) is 0 Å². The molecule has 0 radical (unpaired) electrons. The first kappa shape index (κ1) is 20.3. The van der Waals surface area contributed by atoms with Crippen molar-refractivity contribution in [2.24, 2.45) is 0 Å². The molecule has 1 heterocycles. The molecule has 1 aliphatic heterocycles. The Labute approximate surface area is 165 Å². The number of rotatable bonds is 8. The average Bonchev–Trinajstić information content (AvgIpc) is 3.02. The first-order chi connectivity index (χ1) is 13.5. The van der Waals surface area contributed by atoms with Gasteiger partial charge < -0.3 is 25.2 Å². The van der Waals surface area contributed by atoms with Crippen LogP contribution < -0.4 is 10.1 Å². The molecule has 2 aromatic carbocycles. The topological polar surface area (TPSA) is 82.0 Å². The summed E-state index contributed by atoms with van der Waals surface area (Å²) in [7, 11) is 1.62. The van der Waals surface area contributed by atoms with Gasteiger partial charge in [0, 0.05) is 31.6 Å². The van der Waals surface area contributed by atoms with Gasteiger partial charge in [0.15, 0.2) is 0 Å². The summed E-state index contributed by atoms with van der Waals surface area (Å²) in [6.07, 6.45) is 0.0384. The van der Waals surface area contributed by atoms with Crippen LogP contribution in [0, 0.1) is 0 Å². The number of β-amino-alcohol motifs (C(OH)–C–C–N with tert-alkyl or cyclic N) is 2. The van der Waals surface area contributed by atoms with Crippen LogP contribution in [0.2, 0.25) is 0 Å². The van der Waals surface area contributed by atoms with Crippen molar-refractivity contribution in [3.8, 4) is 5.75 Å². The van der Waals surface area contributed by atoms with Crippen LogP contribution in [0.5, 0.6) is 5.75 Å². The minimum Gasteiger partial charge on any atom is -0.496 e. The Morgan fingerprint density at radius 2 is 1.93 bits per heavy atom. The summed E-state index contributed by atoms with van der Waals surface area (Å²) in [6, 6.07) is 17.5. The zero-order valence-electron chi connectivity index (χ0n) is 16.2. The number of ether oxygens (including phenoxy) is 1. The quantitative estimate of drug-likeness (QED) is 0.640. The molecular weight excluding hydrogens is 356 g/mol. The molecule has 1 aliphatic rings. The number of hydrogen-bond acceptors (Lipinski definition) is 5. The number of carbonyl (C=O) groups is 1. The molecule has 2 atom stereocenters. The van der Waals surface area contributed by atoms with Gasteiger partial charge in [-0.1, -0.05) is 48.5 Å². The zero-order chi connectivity index (χ0) is 20.0. The average molecular weight is 384 g/mol. The lowest BCUT2D eigenvalue weighted by Gasteiger charge is -2.26. The molecule has 28 heavy (non-hydrogen) atoms. The maximum absolute atomic E-state index is 12.5. The molecule has 6 nitrogen and oxygen atoms in total. The molecule has 0 spiro atoms. The monoisotopic (exact) mass is 384 g/mol. The van der Waals surface area contributed by atoms with Gasteiger partial charge in [0.05, 0.1) is 13.7 Å². The van der Waals surface area contributed by atoms with Crippen molar-refractivity contribution in [1.82, 2.24) is 10.2 Å². The number of para-hydroxylation sites is 1. The Morgan fingerprint density at radius 3 is 2.68 bits per heavy atom. The molecule has 0 aromatic heterocycles. The zero-order valence-corrected chi connectivity index (χ0v) is 16.2. The van der Waals surface area contributed by atoms with E-state index in [2.05, 4.69) is 5.32 Å². The third-order valence-electron chi connectivity index (χ3n) is 5.24. The summed E-state index contributed by atoms with van der Waals surface area (Å²) in [5, 5.41) is 24.4. The molecule has 1 saturated heterocycles. The van der Waals surface area contributed by atoms with Crippen molar-refractivity contribution >= 4 is 5.91 Å². The number of amides is 1. The Bertz CT molecular complexity index is 783. The second-order valence-electron chi connectivity index (χ2n) is 7.29. The number of nitrogens with zero attached hydrogens (tertiary/aromatic N) is 1. The molecule has 2 aromatic rings. The van der Waals surface area contributed by atoms with E-state index in [0.717, 1.165) is 16.9 Å². The summed E-state index contributed by atoms with van der Waals surface area (Å²) in [4.78, 5) is 14.1. The summed E-state index contributed by atoms with van der Waals surface area (Å²) >= 11 is 0. The third kappa shape index (κ3) is 4.90. The van der Waals surface area contributed by atoms with Gasteiger partial charge in [-0.05, 0) is 18.1 Å². The van der Waals surface area contributed by atoms with E-state index < -0.39 is 11.7 Å². The maximum Gasteiger partial charge on any atom is 0.223 e. The molecule has 0 unspecified atom stereocenters. The number of benzene rings is 2. The van der Waals surface area contributed by atoms with Crippen LogP contribution in [0.3, 0.4) is 0 Å². The first-order valence-corrected chi connectivity index (χ1v) is 9.56. The minimum absolute atomic E-state index is 0.0523. The number of aliphatic hydroxyl groups is 2. The lowest BCUT2D eigenvalue weighted by atomic mass is 10.0. The van der Waals surface area contributed by atoms with Gasteiger partial charge in [0.25, 0.3) is 0 Å². The fourth-order valence-corrected chi connectivity index (χ4v) is 3.56. The molecule has 3 N–H and O–H groups in total. The highest BCUT2D eigenvalue weighted by molar-refractivity contribution is 5.77. The van der Waals surface area contributed by atoms with E-state index in [9.17, 15) is 15.0 Å². The Morgan fingerprint density at radius 1 is 1.21 bits per heavy atom. The number of likely N-dealkylation sites (tertiary alicyclic amines) is 1. The highest BCUT2D eigenvalue weighted by Crippen LogP contribution is 2.23. The van der Waals surface area contributed by atoms with Crippen LogP contribution in [0.1, 0.15) is 17.5 Å². The van der Waals surface area contributed by atoms with Gasteiger partial charge in [-0.15, -0.1) is 0 Å². The molecule has 1 amide bonds. The van der Waals surface area contributed by atoms with Crippen molar-refractivity contribution in [2.75, 3.05) is 26.7 Å². The van der Waals surface area contributed by atoms with E-state index >= 15 is 0 Å². The Hall–Kier alpha value is -2.41. The van der Waals surface area contributed by atoms with E-state index in [1.165, 1.54) is 0 Å². The van der Waals surface area contributed by atoms with Crippen LogP contribution in [0.15, 0.2) is 54.6 Å². The van der Waals surface area contributed by atoms with E-state index in [1.54, 1.807) is 12.0 Å². The molecule has 0 bridgehead atoms. The number of aliphatic hydroxyl groups excluding tert-OH is 1. The number of methoxy groups -OCH3 is 1. The van der Waals surface area contributed by atoms with Crippen molar-refractivity contribution in [3.63, 3.8) is 0 Å². The number of hydrogen-bond donors (Lipinski definition) is 3. The molecule has 3 rings (SSSR count). The van der Waals surface area contributed by atoms with Gasteiger partial charge in [-0.2, -0.15) is 0 Å². The molecular formula is C22H28N2O4. The van der Waals surface area contributed by atoms with Gasteiger partial charge in [0.1, 0.15) is 17.5 Å². The second-order valence-corrected chi connectivity index (χ2v) is 7.29. The van der Waals surface area contributed by atoms with Crippen LogP contribution in [-0.4, -0.2) is 59.5 Å². The number of nitrogens with one attached hydrogen (secondary N) is 1. The van der Waals surface area contributed by atoms with Crippen LogP contribution in [0.25, 0.3) is 0 Å². The van der Waals surface area contributed by atoms with Gasteiger partial charge in [0.2, 0.25) is 5.91 Å². The fraction of sp³-hybridized carbons (Fsp3) is 0.409. The summed E-state index contributed by atoms with van der Waals surface area (Å²) in [5.74, 6) is 0.718. The molecule has 0 aliphatic carbocycles. The molecule has 150 valence electrons. The van der Waals surface area contributed by atoms with Crippen molar-refractivity contribution in [3.05, 3.63) is 65.7 Å². The van der Waals surface area contributed by atoms with E-state index in [1.807, 2.05) is 54.6 Å². The highest BCUT2D eigenvalue weighted by atomic mass is 16.5. The summed E-state index contributed by atoms with van der Waals surface area (Å²) in [6.45, 7) is 0.969. The molecule has 6 heteroatoms. The largest absolute Gasteiger partial charge is 0.496 e. The van der Waals surface area contributed by atoms with E-state index in [4.69, 9.17) is 4.74 Å². The minimum atomic E-state index is -1.36. The summed E-state index contributed by atoms with van der Waals surface area (Å²) < 4.78 is 5.32. The number of carbonyl (C=O) groups excluding carboxylic acids is 1. The van der Waals surface area contributed by atoms with Gasteiger partial charge in [-0.3, -0.25) is 4.79 Å². The van der Waals surface area contributed by atoms with Crippen molar-refractivity contribution in [2.45, 2.75) is 31.1 Å². The fourth-order valence-electron chi connectivity index (χ4n) is 3.56. The Kier molecular flexibility index (Phi) is 6.67. The van der Waals surface area contributed by atoms with E-state index in [0.29, 0.717) is 19.4 Å². The normalized spacial score (nSPS) is 21.7. The van der Waals surface area contributed by atoms with Crippen LogP contribution in [0.4, 0.5) is 0 Å². The van der Waals surface area contributed by atoms with Crippen molar-refractivity contribution < 1.29 is 19.7 Å². The number of aryl methyl sites for hydroxylation is 1. The van der Waals surface area contributed by atoms with E-state index in [-0.39, 0.29) is 25.5 Å². The highest BCUT2D eigenvalue weighted by Gasteiger charge is 2.45. The smallest absolute Gasteiger partial charge is 0.223 e. The summed E-state index contributed by atoms with van der Waals surface area (Å²) in [5.41, 5.74) is 0.714. The maximum atomic E-state index is 12.5. The third-order valence-corrected chi connectivity index (χ3v) is 5.24. The van der Waals surface area contributed by atoms with Crippen molar-refractivity contribution in [1.29, 1.82) is 0 Å². The SMILES string of the molecule is COc1ccccc1CNC[C@]1(O)CN(C(=O)CCc2ccccc2)C[C@H]1O. The standard InChI is InChI=1S/C22H28N2O4/c1-28-19-10-6-5-9-18(19)13-23-15-22(27)16-24(14-20(22)25)21(26)12-11-17-7-3-2-4-8-17/h2-10,20,23,25,27H,11-16H2,1H3/t20-,22+/m1/s1. The predicted octanol–water partition coefficient (Wildman–Crippen LogP) is 1.35. The molecule has 0 saturated carbocycles. The van der Waals surface area contributed by atoms with Crippen LogP contribution >= 0.6 is 0 Å². The lowest BCUT2D eigenvalue weighted by molar-refractivity contribution is -0.131. The van der Waals surface area contributed by atoms with Crippen LogP contribution in [-0.2, 0) is 17.8 Å². The lowest BCUT2D eigenvalue weighted by Crippen LogP contribution is -2.50. The molecule has 1 fully saturated rings. The van der Waals surface area contributed by atoms with Gasteiger partial charge >= 0.3 is 0 Å². The second kappa shape index (κ2) is 9.19. The predicted molar refractivity (Wildman–Crippen MR) is 107 cm³/mol.